The zero-order valence-corrected chi connectivity index (χ0v) is 20.5. The molecule has 1 saturated heterocycles. The lowest BCUT2D eigenvalue weighted by Crippen LogP contribution is -2.41. The molecule has 7 nitrogen and oxygen atoms in total. The smallest absolute Gasteiger partial charge is 0.244 e. The Balaban J connectivity index is 1.66. The second-order valence-corrected chi connectivity index (χ2v) is 11.4. The number of carbonyl (C=O) groups excluding carboxylic acids is 2. The number of benzene rings is 2. The fourth-order valence-corrected chi connectivity index (χ4v) is 6.78. The largest absolute Gasteiger partial charge is 0.324 e. The van der Waals surface area contributed by atoms with Gasteiger partial charge in [-0.05, 0) is 49.1 Å². The van der Waals surface area contributed by atoms with Crippen LogP contribution in [-0.4, -0.2) is 49.9 Å². The van der Waals surface area contributed by atoms with Gasteiger partial charge in [-0.1, -0.05) is 32.0 Å². The third kappa shape index (κ3) is 4.95. The second kappa shape index (κ2) is 9.87. The molecule has 9 heteroatoms. The van der Waals surface area contributed by atoms with Crippen molar-refractivity contribution < 1.29 is 18.0 Å². The number of amides is 2. The maximum absolute atomic E-state index is 13.2. The topological polar surface area (TPSA) is 86.8 Å². The van der Waals surface area contributed by atoms with E-state index in [0.29, 0.717) is 24.5 Å². The Kier molecular flexibility index (Phi) is 7.11. The summed E-state index contributed by atoms with van der Waals surface area (Å²) >= 11 is 1.51. The third-order valence-electron chi connectivity index (χ3n) is 6.07. The van der Waals surface area contributed by atoms with E-state index < -0.39 is 10.0 Å². The van der Waals surface area contributed by atoms with E-state index in [0.717, 1.165) is 35.4 Å². The van der Waals surface area contributed by atoms with Crippen LogP contribution >= 0.6 is 11.8 Å². The van der Waals surface area contributed by atoms with Gasteiger partial charge < -0.3 is 10.2 Å². The van der Waals surface area contributed by atoms with Crippen LogP contribution in [0.1, 0.15) is 32.3 Å². The predicted molar refractivity (Wildman–Crippen MR) is 131 cm³/mol. The zero-order valence-electron chi connectivity index (χ0n) is 18.9. The SMILES string of the molecule is CCc1ccccc1NC(=O)CN1C(=O)[C@H](C)CSc2ccc(S(=O)(=O)N3CCCC3)cc21. The average Bonchev–Trinajstić information content (AvgIpc) is 3.33. The van der Waals surface area contributed by atoms with E-state index in [9.17, 15) is 18.0 Å². The second-order valence-electron chi connectivity index (χ2n) is 8.44. The Morgan fingerprint density at radius 3 is 2.61 bits per heavy atom. The van der Waals surface area contributed by atoms with Gasteiger partial charge in [0, 0.05) is 35.3 Å². The standard InChI is InChI=1S/C24H29N3O4S2/c1-3-18-8-4-5-9-20(18)25-23(28)15-27-21-14-19(33(30,31)26-12-6-7-13-26)10-11-22(21)32-16-17(2)24(27)29/h4-5,8-11,14,17H,3,6-7,12-13,15-16H2,1-2H3,(H,25,28)/t17-/m1/s1. The molecule has 1 atom stereocenters. The highest BCUT2D eigenvalue weighted by Gasteiger charge is 2.33. The van der Waals surface area contributed by atoms with Crippen molar-refractivity contribution in [3.63, 3.8) is 0 Å². The molecule has 0 unspecified atom stereocenters. The van der Waals surface area contributed by atoms with Gasteiger partial charge in [-0.2, -0.15) is 4.31 Å². The average molecular weight is 488 g/mol. The lowest BCUT2D eigenvalue weighted by Gasteiger charge is -2.25. The van der Waals surface area contributed by atoms with Gasteiger partial charge in [0.25, 0.3) is 0 Å². The number of thioether (sulfide) groups is 1. The van der Waals surface area contributed by atoms with Crippen molar-refractivity contribution in [2.24, 2.45) is 5.92 Å². The Hall–Kier alpha value is -2.36. The molecule has 4 rings (SSSR count). The first-order valence-corrected chi connectivity index (χ1v) is 13.7. The van der Waals surface area contributed by atoms with Crippen molar-refractivity contribution in [2.45, 2.75) is 42.9 Å². The molecule has 2 aliphatic heterocycles. The zero-order chi connectivity index (χ0) is 23.6. The quantitative estimate of drug-likeness (QED) is 0.671. The molecule has 176 valence electrons. The first kappa shape index (κ1) is 23.8. The highest BCUT2D eigenvalue weighted by Crippen LogP contribution is 2.38. The Morgan fingerprint density at radius 1 is 1.15 bits per heavy atom. The van der Waals surface area contributed by atoms with Crippen LogP contribution in [0.4, 0.5) is 11.4 Å². The summed E-state index contributed by atoms with van der Waals surface area (Å²) in [6, 6.07) is 12.5. The van der Waals surface area contributed by atoms with Crippen LogP contribution in [0.2, 0.25) is 0 Å². The van der Waals surface area contributed by atoms with Gasteiger partial charge in [0.15, 0.2) is 0 Å². The van der Waals surface area contributed by atoms with E-state index in [4.69, 9.17) is 0 Å². The molecule has 1 N–H and O–H groups in total. The van der Waals surface area contributed by atoms with Gasteiger partial charge in [-0.15, -0.1) is 11.8 Å². The first-order chi connectivity index (χ1) is 15.8. The van der Waals surface area contributed by atoms with Crippen molar-refractivity contribution >= 4 is 45.0 Å². The molecule has 0 aromatic heterocycles. The van der Waals surface area contributed by atoms with Gasteiger partial charge >= 0.3 is 0 Å². The molecular weight excluding hydrogens is 458 g/mol. The molecule has 0 saturated carbocycles. The number of anilines is 2. The lowest BCUT2D eigenvalue weighted by molar-refractivity contribution is -0.123. The summed E-state index contributed by atoms with van der Waals surface area (Å²) in [7, 11) is -3.64. The Labute approximate surface area is 199 Å². The summed E-state index contributed by atoms with van der Waals surface area (Å²) in [5.74, 6) is -0.226. The number of hydrogen-bond acceptors (Lipinski definition) is 5. The minimum absolute atomic E-state index is 0.160. The monoisotopic (exact) mass is 487 g/mol. The number of nitrogens with zero attached hydrogens (tertiary/aromatic N) is 2. The minimum Gasteiger partial charge on any atom is -0.324 e. The third-order valence-corrected chi connectivity index (χ3v) is 9.29. The fraction of sp³-hybridized carbons (Fsp3) is 0.417. The number of hydrogen-bond donors (Lipinski definition) is 1. The lowest BCUT2D eigenvalue weighted by atomic mass is 10.1. The van der Waals surface area contributed by atoms with Gasteiger partial charge in [-0.25, -0.2) is 8.42 Å². The molecule has 0 radical (unpaired) electrons. The number of aryl methyl sites for hydroxylation is 1. The summed E-state index contributed by atoms with van der Waals surface area (Å²) in [5, 5.41) is 2.92. The maximum atomic E-state index is 13.2. The molecule has 2 amide bonds. The van der Waals surface area contributed by atoms with E-state index in [1.54, 1.807) is 18.2 Å². The highest BCUT2D eigenvalue weighted by atomic mass is 32.2. The summed E-state index contributed by atoms with van der Waals surface area (Å²) in [4.78, 5) is 28.6. The number of rotatable bonds is 6. The van der Waals surface area contributed by atoms with Gasteiger partial charge in [0.1, 0.15) is 6.54 Å². The van der Waals surface area contributed by atoms with E-state index in [1.807, 2.05) is 38.1 Å². The normalized spacial score (nSPS) is 19.3. The number of para-hydroxylation sites is 1. The van der Waals surface area contributed by atoms with Crippen LogP contribution in [-0.2, 0) is 26.0 Å². The molecule has 33 heavy (non-hydrogen) atoms. The van der Waals surface area contributed by atoms with Crippen molar-refractivity contribution in [3.8, 4) is 0 Å². The van der Waals surface area contributed by atoms with Crippen molar-refractivity contribution in [2.75, 3.05) is 35.6 Å². The molecule has 2 aromatic carbocycles. The highest BCUT2D eigenvalue weighted by molar-refractivity contribution is 7.99. The predicted octanol–water partition coefficient (Wildman–Crippen LogP) is 3.75. The van der Waals surface area contributed by atoms with Gasteiger partial charge in [0.05, 0.1) is 10.6 Å². The molecule has 2 aliphatic rings. The molecule has 0 spiro atoms. The van der Waals surface area contributed by atoms with E-state index in [2.05, 4.69) is 5.32 Å². The van der Waals surface area contributed by atoms with Crippen LogP contribution in [0, 0.1) is 5.92 Å². The molecule has 2 aromatic rings. The number of nitrogens with one attached hydrogen (secondary N) is 1. The van der Waals surface area contributed by atoms with E-state index in [1.165, 1.54) is 21.0 Å². The minimum atomic E-state index is -3.64. The summed E-state index contributed by atoms with van der Waals surface area (Å²) in [6.07, 6.45) is 2.47. The van der Waals surface area contributed by atoms with Crippen LogP contribution in [0.15, 0.2) is 52.3 Å². The summed E-state index contributed by atoms with van der Waals surface area (Å²) in [6.45, 7) is 4.68. The van der Waals surface area contributed by atoms with Crippen LogP contribution in [0.25, 0.3) is 0 Å². The fourth-order valence-electron chi connectivity index (χ4n) is 4.19. The van der Waals surface area contributed by atoms with Gasteiger partial charge in [-0.3, -0.25) is 9.59 Å². The van der Waals surface area contributed by atoms with E-state index >= 15 is 0 Å². The molecule has 1 fully saturated rings. The van der Waals surface area contributed by atoms with Crippen molar-refractivity contribution in [1.82, 2.24) is 4.31 Å². The van der Waals surface area contributed by atoms with Crippen molar-refractivity contribution in [3.05, 3.63) is 48.0 Å². The number of sulfonamides is 1. The maximum Gasteiger partial charge on any atom is 0.244 e. The Bertz CT molecular complexity index is 1160. The summed E-state index contributed by atoms with van der Waals surface area (Å²) in [5.41, 5.74) is 2.21. The van der Waals surface area contributed by atoms with E-state index in [-0.39, 0.29) is 29.2 Å². The molecular formula is C24H29N3O4S2. The van der Waals surface area contributed by atoms with Crippen LogP contribution < -0.4 is 10.2 Å². The van der Waals surface area contributed by atoms with Crippen LogP contribution in [0.3, 0.4) is 0 Å². The van der Waals surface area contributed by atoms with Gasteiger partial charge in [0.2, 0.25) is 21.8 Å². The molecule has 0 aliphatic carbocycles. The molecule has 2 heterocycles. The number of fused-ring (bicyclic) bond motifs is 1. The molecule has 0 bridgehead atoms. The summed E-state index contributed by atoms with van der Waals surface area (Å²) < 4.78 is 27.7. The first-order valence-electron chi connectivity index (χ1n) is 11.3. The Morgan fingerprint density at radius 2 is 1.88 bits per heavy atom. The number of carbonyl (C=O) groups is 2. The van der Waals surface area contributed by atoms with Crippen LogP contribution in [0.5, 0.6) is 0 Å². The van der Waals surface area contributed by atoms with Crippen molar-refractivity contribution in [1.29, 1.82) is 0 Å².